The monoisotopic (exact) mass is 513 g/mol. The molecule has 1 aliphatic heterocycles. The number of rotatable bonds is 5. The van der Waals surface area contributed by atoms with Crippen molar-refractivity contribution in [2.24, 2.45) is 10.4 Å². The van der Waals surface area contributed by atoms with Crippen molar-refractivity contribution in [3.05, 3.63) is 29.8 Å². The summed E-state index contributed by atoms with van der Waals surface area (Å²) in [6.07, 6.45) is 6.83. The van der Waals surface area contributed by atoms with Crippen LogP contribution in [0.4, 0.5) is 10.5 Å². The van der Waals surface area contributed by atoms with Crippen molar-refractivity contribution < 1.29 is 4.79 Å². The molecule has 29 heavy (non-hydrogen) atoms. The van der Waals surface area contributed by atoms with Crippen LogP contribution in [0.2, 0.25) is 0 Å². The molecular formula is C22H36IN5O. The zero-order valence-corrected chi connectivity index (χ0v) is 20.3. The molecule has 1 aromatic carbocycles. The third kappa shape index (κ3) is 6.76. The Morgan fingerprint density at radius 1 is 1.17 bits per heavy atom. The van der Waals surface area contributed by atoms with Crippen LogP contribution in [-0.4, -0.2) is 42.6 Å². The van der Waals surface area contributed by atoms with Gasteiger partial charge in [0.05, 0.1) is 6.54 Å². The molecule has 2 aliphatic rings. The first-order valence-electron chi connectivity index (χ1n) is 10.7. The molecule has 0 radical (unpaired) electrons. The Morgan fingerprint density at radius 2 is 1.86 bits per heavy atom. The lowest BCUT2D eigenvalue weighted by Crippen LogP contribution is -2.41. The van der Waals surface area contributed by atoms with Crippen LogP contribution in [-0.2, 0) is 6.54 Å². The molecule has 2 fully saturated rings. The van der Waals surface area contributed by atoms with Gasteiger partial charge in [0.2, 0.25) is 0 Å². The predicted molar refractivity (Wildman–Crippen MR) is 131 cm³/mol. The number of nitrogens with one attached hydrogen (secondary N) is 3. The van der Waals surface area contributed by atoms with E-state index >= 15 is 0 Å². The summed E-state index contributed by atoms with van der Waals surface area (Å²) in [5.74, 6) is 1.03. The van der Waals surface area contributed by atoms with E-state index in [9.17, 15) is 4.79 Å². The maximum atomic E-state index is 11.8. The summed E-state index contributed by atoms with van der Waals surface area (Å²) in [6.45, 7) is 9.79. The fourth-order valence-corrected chi connectivity index (χ4v) is 4.36. The molecule has 1 saturated heterocycles. The van der Waals surface area contributed by atoms with Crippen molar-refractivity contribution in [3.8, 4) is 0 Å². The van der Waals surface area contributed by atoms with Crippen molar-refractivity contribution in [2.45, 2.75) is 65.5 Å². The smallest absolute Gasteiger partial charge is 0.319 e. The lowest BCUT2D eigenvalue weighted by atomic mass is 9.86. The summed E-state index contributed by atoms with van der Waals surface area (Å²) in [5.41, 5.74) is 2.47. The second-order valence-corrected chi connectivity index (χ2v) is 8.50. The number of halogens is 1. The van der Waals surface area contributed by atoms with E-state index in [0.29, 0.717) is 12.0 Å². The fourth-order valence-electron chi connectivity index (χ4n) is 4.36. The first kappa shape index (κ1) is 23.8. The summed E-state index contributed by atoms with van der Waals surface area (Å²) in [4.78, 5) is 19.1. The average Bonchev–Trinajstić information content (AvgIpc) is 3.29. The highest BCUT2D eigenvalue weighted by Gasteiger charge is 2.41. The molecule has 1 aromatic rings. The van der Waals surface area contributed by atoms with Crippen molar-refractivity contribution in [1.29, 1.82) is 0 Å². The van der Waals surface area contributed by atoms with E-state index in [1.54, 1.807) is 0 Å². The van der Waals surface area contributed by atoms with Gasteiger partial charge in [-0.25, -0.2) is 9.79 Å². The molecule has 6 nitrogen and oxygen atoms in total. The lowest BCUT2D eigenvalue weighted by molar-refractivity contribution is 0.250. The minimum absolute atomic E-state index is 0. The highest BCUT2D eigenvalue weighted by Crippen LogP contribution is 2.45. The Bertz CT molecular complexity index is 683. The van der Waals surface area contributed by atoms with Gasteiger partial charge in [-0.15, -0.1) is 24.0 Å². The lowest BCUT2D eigenvalue weighted by Gasteiger charge is -2.26. The van der Waals surface area contributed by atoms with Crippen LogP contribution in [0.15, 0.2) is 29.3 Å². The number of hydrogen-bond donors (Lipinski definition) is 3. The number of carbonyl (C=O) groups is 1. The number of nitrogens with zero attached hydrogens (tertiary/aromatic N) is 2. The van der Waals surface area contributed by atoms with Crippen LogP contribution in [0, 0.1) is 5.41 Å². The number of hydrogen-bond acceptors (Lipinski definition) is 2. The van der Waals surface area contributed by atoms with Gasteiger partial charge in [-0.1, -0.05) is 25.0 Å². The normalized spacial score (nSPS) is 18.1. The largest absolute Gasteiger partial charge is 0.357 e. The van der Waals surface area contributed by atoms with Crippen molar-refractivity contribution >= 4 is 41.7 Å². The van der Waals surface area contributed by atoms with Crippen LogP contribution in [0.25, 0.3) is 0 Å². The van der Waals surface area contributed by atoms with E-state index in [1.807, 2.05) is 38.1 Å². The first-order chi connectivity index (χ1) is 13.5. The highest BCUT2D eigenvalue weighted by molar-refractivity contribution is 14.0. The van der Waals surface area contributed by atoms with Crippen LogP contribution < -0.4 is 16.0 Å². The average molecular weight is 513 g/mol. The molecule has 0 bridgehead atoms. The Hall–Kier alpha value is -1.51. The molecule has 0 atom stereocenters. The van der Waals surface area contributed by atoms with Crippen molar-refractivity contribution in [1.82, 2.24) is 15.5 Å². The third-order valence-electron chi connectivity index (χ3n) is 5.78. The van der Waals surface area contributed by atoms with Gasteiger partial charge in [0.1, 0.15) is 0 Å². The van der Waals surface area contributed by atoms with Gasteiger partial charge in [0, 0.05) is 31.4 Å². The van der Waals surface area contributed by atoms with Crippen molar-refractivity contribution in [2.75, 3.05) is 25.0 Å². The van der Waals surface area contributed by atoms with E-state index in [-0.39, 0.29) is 36.0 Å². The summed E-state index contributed by atoms with van der Waals surface area (Å²) < 4.78 is 0. The minimum Gasteiger partial charge on any atom is -0.357 e. The topological polar surface area (TPSA) is 68.8 Å². The fraction of sp³-hybridized carbons (Fsp3) is 0.636. The number of guanidine groups is 1. The maximum Gasteiger partial charge on any atom is 0.319 e. The van der Waals surface area contributed by atoms with Gasteiger partial charge in [0.25, 0.3) is 0 Å². The Morgan fingerprint density at radius 3 is 2.48 bits per heavy atom. The summed E-state index contributed by atoms with van der Waals surface area (Å²) >= 11 is 0. The molecule has 3 N–H and O–H groups in total. The highest BCUT2D eigenvalue weighted by atomic mass is 127. The quantitative estimate of drug-likeness (QED) is 0.307. The summed E-state index contributed by atoms with van der Waals surface area (Å²) in [7, 11) is 0. The number of likely N-dealkylation sites (tertiary alicyclic amines) is 1. The Labute approximate surface area is 192 Å². The molecule has 1 saturated carbocycles. The van der Waals surface area contributed by atoms with Gasteiger partial charge < -0.3 is 20.9 Å². The number of aliphatic imine (C=N–C) groups is 1. The molecule has 162 valence electrons. The van der Waals surface area contributed by atoms with E-state index < -0.39 is 0 Å². The molecule has 1 heterocycles. The summed E-state index contributed by atoms with van der Waals surface area (Å²) in [5, 5.41) is 9.15. The molecule has 1 aliphatic carbocycles. The van der Waals surface area contributed by atoms with Crippen molar-refractivity contribution in [3.63, 3.8) is 0 Å². The van der Waals surface area contributed by atoms with Crippen LogP contribution in [0.1, 0.15) is 58.4 Å². The van der Waals surface area contributed by atoms with E-state index in [2.05, 4.69) is 27.8 Å². The van der Waals surface area contributed by atoms with Gasteiger partial charge in [-0.3, -0.25) is 0 Å². The van der Waals surface area contributed by atoms with Crippen LogP contribution >= 0.6 is 24.0 Å². The third-order valence-corrected chi connectivity index (χ3v) is 5.78. The zero-order valence-electron chi connectivity index (χ0n) is 18.0. The second kappa shape index (κ2) is 11.0. The molecule has 0 unspecified atom stereocenters. The van der Waals surface area contributed by atoms with E-state index in [4.69, 9.17) is 4.99 Å². The van der Waals surface area contributed by atoms with Gasteiger partial charge in [-0.05, 0) is 63.1 Å². The number of amides is 2. The predicted octanol–water partition coefficient (Wildman–Crippen LogP) is 4.57. The summed E-state index contributed by atoms with van der Waals surface area (Å²) in [6, 6.07) is 7.86. The van der Waals surface area contributed by atoms with E-state index in [1.165, 1.54) is 32.1 Å². The van der Waals surface area contributed by atoms with Gasteiger partial charge in [0.15, 0.2) is 5.96 Å². The minimum atomic E-state index is -0.176. The second-order valence-electron chi connectivity index (χ2n) is 8.50. The molecule has 2 amide bonds. The number of urea groups is 1. The Balaban J connectivity index is 0.00000300. The number of anilines is 1. The molecular weight excluding hydrogens is 477 g/mol. The standard InChI is InChI=1S/C22H35N5O.HI/c1-4-23-20(27-14-13-22(16-27)11-5-6-12-22)24-15-18-7-9-19(10-8-18)26-21(28)25-17(2)3;/h7-10,17H,4-6,11-16H2,1-3H3,(H,23,24)(H2,25,26,28);1H. The number of benzene rings is 1. The Kier molecular flexibility index (Phi) is 9.04. The molecule has 3 rings (SSSR count). The van der Waals surface area contributed by atoms with Crippen LogP contribution in [0.3, 0.4) is 0 Å². The van der Waals surface area contributed by atoms with Crippen LogP contribution in [0.5, 0.6) is 0 Å². The maximum absolute atomic E-state index is 11.8. The van der Waals surface area contributed by atoms with E-state index in [0.717, 1.165) is 36.8 Å². The van der Waals surface area contributed by atoms with Gasteiger partial charge in [-0.2, -0.15) is 0 Å². The molecule has 1 spiro atoms. The molecule has 0 aromatic heterocycles. The van der Waals surface area contributed by atoms with Gasteiger partial charge >= 0.3 is 6.03 Å². The molecule has 7 heteroatoms. The first-order valence-corrected chi connectivity index (χ1v) is 10.7. The SMILES string of the molecule is CCNC(=NCc1ccc(NC(=O)NC(C)C)cc1)N1CCC2(CCCC2)C1.I. The number of carbonyl (C=O) groups excluding carboxylic acids is 1. The zero-order chi connectivity index (χ0) is 20.0.